The second-order valence-corrected chi connectivity index (χ2v) is 53.1. The molecule has 1 heterocycles. The number of carbonyl (C=O) groups excluding carboxylic acids is 1. The van der Waals surface area contributed by atoms with Gasteiger partial charge in [-0.1, -0.05) is 161 Å². The quantitative estimate of drug-likeness (QED) is 0.0421. The van der Waals surface area contributed by atoms with E-state index in [9.17, 15) is 4.79 Å². The van der Waals surface area contributed by atoms with E-state index in [4.69, 9.17) is 31.6 Å². The normalized spacial score (nSPS) is 16.7. The maximum atomic E-state index is 14.3. The number of carbonyl (C=O) groups is 1. The van der Waals surface area contributed by atoms with E-state index >= 15 is 0 Å². The predicted octanol–water partition coefficient (Wildman–Crippen LogP) is 20.5. The summed E-state index contributed by atoms with van der Waals surface area (Å²) >= 11 is 0. The van der Waals surface area contributed by atoms with Crippen molar-refractivity contribution in [2.75, 3.05) is 0 Å². The molecule has 0 spiro atoms. The van der Waals surface area contributed by atoms with Crippen LogP contribution in [0.5, 0.6) is 34.5 Å². The number of hydrogen-bond acceptors (Lipinski definition) is 8. The Balaban J connectivity index is 2.30. The van der Waals surface area contributed by atoms with Crippen molar-refractivity contribution >= 4 is 47.6 Å². The van der Waals surface area contributed by atoms with Crippen molar-refractivity contribution in [3.63, 3.8) is 0 Å². The molecule has 0 saturated heterocycles. The summed E-state index contributed by atoms with van der Waals surface area (Å²) in [4.78, 5) is 14.3. The zero-order chi connectivity index (χ0) is 56.7. The second kappa shape index (κ2) is 25.1. The van der Waals surface area contributed by atoms with Gasteiger partial charge in [-0.15, -0.1) is 0 Å². The van der Waals surface area contributed by atoms with Gasteiger partial charge in [0.05, 0.1) is 0 Å². The first-order valence-electron chi connectivity index (χ1n) is 28.8. The molecule has 0 N–H and O–H groups in total. The first-order chi connectivity index (χ1) is 33.5. The second-order valence-electron chi connectivity index (χ2n) is 29.5. The Bertz CT molecular complexity index is 2110. The van der Waals surface area contributed by atoms with Gasteiger partial charge in [0.25, 0.3) is 25.0 Å². The van der Waals surface area contributed by atoms with Crippen molar-refractivity contribution in [3.8, 4) is 34.5 Å². The van der Waals surface area contributed by atoms with Crippen LogP contribution in [-0.4, -0.2) is 53.7 Å². The highest BCUT2D eigenvalue weighted by Gasteiger charge is 2.48. The lowest BCUT2D eigenvalue weighted by molar-refractivity contribution is -0.155. The van der Waals surface area contributed by atoms with Gasteiger partial charge in [-0.05, 0) is 135 Å². The van der Waals surface area contributed by atoms with Gasteiger partial charge in [-0.2, -0.15) is 0 Å². The van der Waals surface area contributed by atoms with Gasteiger partial charge in [0, 0.05) is 36.1 Å². The molecule has 424 valence electrons. The summed E-state index contributed by atoms with van der Waals surface area (Å²) in [6.07, 6.45) is 16.8. The molecule has 0 unspecified atom stereocenters. The van der Waals surface area contributed by atoms with Gasteiger partial charge >= 0.3 is 5.97 Å². The van der Waals surface area contributed by atoms with Gasteiger partial charge < -0.3 is 31.6 Å². The van der Waals surface area contributed by atoms with Crippen LogP contribution in [0.25, 0.3) is 0 Å². The van der Waals surface area contributed by atoms with Crippen LogP contribution in [0.1, 0.15) is 205 Å². The molecular formula is C61H112O8Si5. The summed E-state index contributed by atoms with van der Waals surface area (Å²) in [5.74, 6) is 3.93. The highest BCUT2D eigenvalue weighted by Crippen LogP contribution is 2.53. The minimum atomic E-state index is -2.48. The molecule has 0 radical (unpaired) electrons. The molecule has 0 amide bonds. The van der Waals surface area contributed by atoms with Gasteiger partial charge in [0.1, 0.15) is 34.9 Å². The number of fused-ring (bicyclic) bond motifs is 1. The lowest BCUT2D eigenvalue weighted by Crippen LogP contribution is -2.47. The maximum Gasteiger partial charge on any atom is 0.306 e. The summed E-state index contributed by atoms with van der Waals surface area (Å²) in [6.45, 7) is 59.0. The van der Waals surface area contributed by atoms with Crippen LogP contribution in [0.3, 0.4) is 0 Å². The van der Waals surface area contributed by atoms with Gasteiger partial charge in [0.15, 0.2) is 11.9 Å². The Labute approximate surface area is 460 Å². The molecule has 2 aromatic rings. The number of benzene rings is 2. The standard InChI is InChI=1S/C61H112O8Si5/c1-27-28-29-30-31-32-33-34-35-36-37-38-39-40-54(62)63-51-45-48-49(43-47(65-70(17,18)57(2,3)4)44-50(48)66-71(19,20)58(5,6)7)64-55(51)46-41-52(67-72(21,22)59(8,9)10)56(69-74(25,26)61(14,15)16)53(42-46)68-73(23,24)60(11,12)13/h32-33,41-44,51,55H,27-31,34-40,45H2,1-26H3/b33-32-/t51-,55-/m1/s1. The van der Waals surface area contributed by atoms with Crippen LogP contribution in [0.2, 0.25) is 90.7 Å². The maximum absolute atomic E-state index is 14.3. The van der Waals surface area contributed by atoms with Crippen molar-refractivity contribution in [3.05, 3.63) is 47.5 Å². The molecular weight excluding hydrogens is 1000 g/mol. The molecule has 8 nitrogen and oxygen atoms in total. The zero-order valence-corrected chi connectivity index (χ0v) is 57.6. The largest absolute Gasteiger partial charge is 0.543 e. The fourth-order valence-electron chi connectivity index (χ4n) is 7.33. The first kappa shape index (κ1) is 65.8. The average Bonchev–Trinajstić information content (AvgIpc) is 3.21. The molecule has 1 aliphatic heterocycles. The number of ether oxygens (including phenoxy) is 2. The fourth-order valence-corrected chi connectivity index (χ4v) is 12.4. The summed E-state index contributed by atoms with van der Waals surface area (Å²) < 4.78 is 50.8. The van der Waals surface area contributed by atoms with Crippen molar-refractivity contribution < 1.29 is 36.4 Å². The molecule has 13 heteroatoms. The number of rotatable bonds is 25. The SMILES string of the molecule is CCCCCC/C=C\CCCCCCCC(=O)O[C@@H]1Cc2c(cc(O[Si](C)(C)C(C)(C)C)cc2O[Si](C)(C)C(C)(C)C)O[C@@H]1c1cc(O[Si](C)(C)C(C)(C)C)c(O[Si](C)(C)C(C)(C)C)c(O[Si](C)(C)C(C)(C)C)c1. The van der Waals surface area contributed by atoms with E-state index in [1.54, 1.807) is 0 Å². The number of hydrogen-bond donors (Lipinski definition) is 0. The molecule has 0 fully saturated rings. The van der Waals surface area contributed by atoms with E-state index < -0.39 is 53.8 Å². The molecule has 3 rings (SSSR count). The molecule has 74 heavy (non-hydrogen) atoms. The highest BCUT2D eigenvalue weighted by atomic mass is 28.4. The molecule has 0 aliphatic carbocycles. The Morgan fingerprint density at radius 3 is 1.35 bits per heavy atom. The average molecular weight is 1110 g/mol. The van der Waals surface area contributed by atoms with Crippen LogP contribution in [-0.2, 0) is 16.0 Å². The van der Waals surface area contributed by atoms with E-state index in [1.807, 2.05) is 0 Å². The van der Waals surface area contributed by atoms with Crippen LogP contribution in [0, 0.1) is 0 Å². The van der Waals surface area contributed by atoms with E-state index in [2.05, 4.69) is 213 Å². The number of esters is 1. The molecule has 2 aromatic carbocycles. The van der Waals surface area contributed by atoms with Gasteiger partial charge in [-0.3, -0.25) is 4.79 Å². The van der Waals surface area contributed by atoms with Crippen molar-refractivity contribution in [2.45, 2.75) is 297 Å². The lowest BCUT2D eigenvalue weighted by atomic mass is 9.93. The van der Waals surface area contributed by atoms with Gasteiger partial charge in [0.2, 0.25) is 16.6 Å². The number of allylic oxidation sites excluding steroid dienone is 2. The van der Waals surface area contributed by atoms with E-state index in [1.165, 1.54) is 38.5 Å². The Morgan fingerprint density at radius 1 is 0.514 bits per heavy atom. The van der Waals surface area contributed by atoms with E-state index in [-0.39, 0.29) is 31.2 Å². The predicted molar refractivity (Wildman–Crippen MR) is 329 cm³/mol. The van der Waals surface area contributed by atoms with E-state index in [0.29, 0.717) is 35.8 Å². The Morgan fingerprint density at radius 2 is 0.905 bits per heavy atom. The van der Waals surface area contributed by atoms with Crippen molar-refractivity contribution in [1.82, 2.24) is 0 Å². The Kier molecular flexibility index (Phi) is 22.3. The molecule has 0 bridgehead atoms. The summed E-state index contributed by atoms with van der Waals surface area (Å²) in [5.41, 5.74) is 1.71. The molecule has 1 aliphatic rings. The van der Waals surface area contributed by atoms with Gasteiger partial charge in [-0.25, -0.2) is 0 Å². The topological polar surface area (TPSA) is 81.7 Å². The fraction of sp³-hybridized carbons (Fsp3) is 0.754. The van der Waals surface area contributed by atoms with Crippen LogP contribution in [0.4, 0.5) is 0 Å². The lowest BCUT2D eigenvalue weighted by Gasteiger charge is -2.42. The van der Waals surface area contributed by atoms with Crippen LogP contribution < -0.4 is 26.9 Å². The minimum Gasteiger partial charge on any atom is -0.543 e. The number of unbranched alkanes of at least 4 members (excludes halogenated alkanes) is 9. The highest BCUT2D eigenvalue weighted by molar-refractivity contribution is 6.77. The monoisotopic (exact) mass is 1110 g/mol. The zero-order valence-electron chi connectivity index (χ0n) is 52.6. The molecule has 0 saturated carbocycles. The summed E-state index contributed by atoms with van der Waals surface area (Å²) in [7, 11) is -12.1. The third-order valence-corrected chi connectivity index (χ3v) is 39.5. The molecule has 0 aromatic heterocycles. The summed E-state index contributed by atoms with van der Waals surface area (Å²) in [5, 5.41) is -0.419. The van der Waals surface area contributed by atoms with Crippen LogP contribution in [0.15, 0.2) is 36.4 Å². The molecule has 2 atom stereocenters. The van der Waals surface area contributed by atoms with Crippen LogP contribution >= 0.6 is 0 Å². The smallest absolute Gasteiger partial charge is 0.306 e. The van der Waals surface area contributed by atoms with Crippen molar-refractivity contribution in [1.29, 1.82) is 0 Å². The summed E-state index contributed by atoms with van der Waals surface area (Å²) in [6, 6.07) is 8.36. The van der Waals surface area contributed by atoms with Crippen molar-refractivity contribution in [2.24, 2.45) is 0 Å². The first-order valence-corrected chi connectivity index (χ1v) is 43.3. The third-order valence-electron chi connectivity index (χ3n) is 17.8. The third kappa shape index (κ3) is 18.0. The minimum absolute atomic E-state index is 0.0358. The van der Waals surface area contributed by atoms with E-state index in [0.717, 1.165) is 54.7 Å². The Hall–Kier alpha value is -2.47.